The molecule has 20 heavy (non-hydrogen) atoms. The van der Waals surface area contributed by atoms with E-state index in [-0.39, 0.29) is 23.7 Å². The average molecular weight is 307 g/mol. The van der Waals surface area contributed by atoms with Crippen molar-refractivity contribution < 1.29 is 18.5 Å². The quantitative estimate of drug-likeness (QED) is 0.461. The SMILES string of the molecule is Cc1cc([N+](=O)[O-])ccc1C(=O)N(CCCl)CC(F)F. The number of amides is 1. The van der Waals surface area contributed by atoms with Crippen LogP contribution in [0.4, 0.5) is 14.5 Å². The molecule has 1 rings (SSSR count). The Morgan fingerprint density at radius 1 is 1.50 bits per heavy atom. The monoisotopic (exact) mass is 306 g/mol. The van der Waals surface area contributed by atoms with E-state index in [2.05, 4.69) is 0 Å². The van der Waals surface area contributed by atoms with E-state index in [1.165, 1.54) is 25.1 Å². The highest BCUT2D eigenvalue weighted by Crippen LogP contribution is 2.19. The van der Waals surface area contributed by atoms with Crippen LogP contribution in [-0.2, 0) is 0 Å². The first-order valence-electron chi connectivity index (χ1n) is 5.75. The van der Waals surface area contributed by atoms with Crippen molar-refractivity contribution in [1.29, 1.82) is 0 Å². The second-order valence-corrected chi connectivity index (χ2v) is 4.47. The van der Waals surface area contributed by atoms with Crippen molar-refractivity contribution in [3.8, 4) is 0 Å². The van der Waals surface area contributed by atoms with Gasteiger partial charge in [0.15, 0.2) is 0 Å². The van der Waals surface area contributed by atoms with Gasteiger partial charge >= 0.3 is 0 Å². The van der Waals surface area contributed by atoms with E-state index in [9.17, 15) is 23.7 Å². The summed E-state index contributed by atoms with van der Waals surface area (Å²) >= 11 is 5.49. The number of carbonyl (C=O) groups is 1. The van der Waals surface area contributed by atoms with Crippen LogP contribution in [0.25, 0.3) is 0 Å². The lowest BCUT2D eigenvalue weighted by Crippen LogP contribution is -2.37. The molecule has 110 valence electrons. The lowest BCUT2D eigenvalue weighted by molar-refractivity contribution is -0.384. The first-order chi connectivity index (χ1) is 9.36. The summed E-state index contributed by atoms with van der Waals surface area (Å²) in [7, 11) is 0. The molecule has 0 saturated carbocycles. The normalized spacial score (nSPS) is 10.7. The molecule has 1 aromatic rings. The Hall–Kier alpha value is -1.76. The fourth-order valence-corrected chi connectivity index (χ4v) is 1.92. The molecule has 5 nitrogen and oxygen atoms in total. The van der Waals surface area contributed by atoms with E-state index in [1.807, 2.05) is 0 Å². The summed E-state index contributed by atoms with van der Waals surface area (Å²) in [5, 5.41) is 10.6. The minimum atomic E-state index is -2.67. The summed E-state index contributed by atoms with van der Waals surface area (Å²) in [5.74, 6) is -0.580. The molecule has 0 bridgehead atoms. The molecule has 0 aliphatic heterocycles. The van der Waals surface area contributed by atoms with Crippen LogP contribution >= 0.6 is 11.6 Å². The van der Waals surface area contributed by atoms with Gasteiger partial charge in [-0.3, -0.25) is 14.9 Å². The second-order valence-electron chi connectivity index (χ2n) is 4.09. The highest BCUT2D eigenvalue weighted by atomic mass is 35.5. The standard InChI is InChI=1S/C12H13ClF2N2O3/c1-8-6-9(17(19)20)2-3-10(8)12(18)16(5-4-13)7-11(14)15/h2-3,6,11H,4-5,7H2,1H3. The van der Waals surface area contributed by atoms with Gasteiger partial charge in [-0.1, -0.05) is 0 Å². The molecular weight excluding hydrogens is 294 g/mol. The molecule has 0 aliphatic rings. The maximum atomic E-state index is 12.4. The molecule has 0 aromatic heterocycles. The van der Waals surface area contributed by atoms with Crippen molar-refractivity contribution in [3.05, 3.63) is 39.4 Å². The molecule has 0 unspecified atom stereocenters. The van der Waals surface area contributed by atoms with Crippen molar-refractivity contribution >= 4 is 23.2 Å². The first-order valence-corrected chi connectivity index (χ1v) is 6.28. The van der Waals surface area contributed by atoms with E-state index < -0.39 is 23.8 Å². The predicted molar refractivity (Wildman–Crippen MR) is 70.5 cm³/mol. The number of aryl methyl sites for hydroxylation is 1. The Morgan fingerprint density at radius 3 is 2.60 bits per heavy atom. The number of nitrogens with zero attached hydrogens (tertiary/aromatic N) is 2. The molecule has 1 aromatic carbocycles. The molecule has 8 heteroatoms. The summed E-state index contributed by atoms with van der Waals surface area (Å²) < 4.78 is 24.9. The Morgan fingerprint density at radius 2 is 2.15 bits per heavy atom. The van der Waals surface area contributed by atoms with Crippen molar-refractivity contribution in [2.45, 2.75) is 13.3 Å². The van der Waals surface area contributed by atoms with E-state index >= 15 is 0 Å². The second kappa shape index (κ2) is 7.14. The molecule has 0 atom stereocenters. The number of nitro benzene ring substituents is 1. The average Bonchev–Trinajstić information content (AvgIpc) is 2.36. The molecule has 0 spiro atoms. The van der Waals surface area contributed by atoms with Crippen molar-refractivity contribution in [1.82, 2.24) is 4.90 Å². The summed E-state index contributed by atoms with van der Waals surface area (Å²) in [6.07, 6.45) is -2.67. The van der Waals surface area contributed by atoms with Crippen LogP contribution in [0.3, 0.4) is 0 Å². The van der Waals surface area contributed by atoms with Gasteiger partial charge in [-0.25, -0.2) is 8.78 Å². The van der Waals surface area contributed by atoms with Crippen molar-refractivity contribution in [2.75, 3.05) is 19.0 Å². The van der Waals surface area contributed by atoms with Gasteiger partial charge in [0.2, 0.25) is 0 Å². The summed E-state index contributed by atoms with van der Waals surface area (Å²) in [5.41, 5.74) is 0.358. The molecule has 0 heterocycles. The zero-order valence-corrected chi connectivity index (χ0v) is 11.4. The number of halogens is 3. The lowest BCUT2D eigenvalue weighted by atomic mass is 10.1. The predicted octanol–water partition coefficient (Wildman–Crippen LogP) is 2.85. The van der Waals surface area contributed by atoms with Crippen LogP contribution < -0.4 is 0 Å². The minimum Gasteiger partial charge on any atom is -0.332 e. The molecule has 0 N–H and O–H groups in total. The number of carbonyl (C=O) groups excluding carboxylic acids is 1. The maximum Gasteiger partial charge on any atom is 0.269 e. The Kier molecular flexibility index (Phi) is 5.82. The van der Waals surface area contributed by atoms with E-state index in [1.54, 1.807) is 0 Å². The third-order valence-electron chi connectivity index (χ3n) is 2.65. The maximum absolute atomic E-state index is 12.4. The highest BCUT2D eigenvalue weighted by Gasteiger charge is 2.21. The van der Waals surface area contributed by atoms with Crippen molar-refractivity contribution in [3.63, 3.8) is 0 Å². The zero-order chi connectivity index (χ0) is 15.3. The Balaban J connectivity index is 3.02. The smallest absolute Gasteiger partial charge is 0.269 e. The van der Waals surface area contributed by atoms with Gasteiger partial charge in [0.05, 0.1) is 11.5 Å². The largest absolute Gasteiger partial charge is 0.332 e. The number of nitro groups is 1. The van der Waals surface area contributed by atoms with Gasteiger partial charge < -0.3 is 4.90 Å². The first kappa shape index (κ1) is 16.3. The summed E-state index contributed by atoms with van der Waals surface area (Å²) in [6.45, 7) is 0.782. The van der Waals surface area contributed by atoms with Gasteiger partial charge in [0, 0.05) is 30.1 Å². The third-order valence-corrected chi connectivity index (χ3v) is 2.82. The van der Waals surface area contributed by atoms with E-state index in [4.69, 9.17) is 11.6 Å². The van der Waals surface area contributed by atoms with Gasteiger partial charge in [0.1, 0.15) is 0 Å². The van der Waals surface area contributed by atoms with Crippen LogP contribution in [0.1, 0.15) is 15.9 Å². The highest BCUT2D eigenvalue weighted by molar-refractivity contribution is 6.18. The number of hydrogen-bond donors (Lipinski definition) is 0. The van der Waals surface area contributed by atoms with Gasteiger partial charge in [-0.2, -0.15) is 0 Å². The van der Waals surface area contributed by atoms with Crippen molar-refractivity contribution in [2.24, 2.45) is 0 Å². The summed E-state index contributed by atoms with van der Waals surface area (Å²) in [4.78, 5) is 23.1. The Labute approximate surface area is 119 Å². The van der Waals surface area contributed by atoms with Crippen LogP contribution in [-0.4, -0.2) is 41.1 Å². The van der Waals surface area contributed by atoms with Crippen LogP contribution in [0.15, 0.2) is 18.2 Å². The molecule has 1 amide bonds. The van der Waals surface area contributed by atoms with Crippen LogP contribution in [0.2, 0.25) is 0 Å². The fraction of sp³-hybridized carbons (Fsp3) is 0.417. The van der Waals surface area contributed by atoms with E-state index in [0.717, 1.165) is 4.90 Å². The van der Waals surface area contributed by atoms with Gasteiger partial charge in [-0.05, 0) is 18.6 Å². The van der Waals surface area contributed by atoms with Gasteiger partial charge in [0.25, 0.3) is 18.0 Å². The molecular formula is C12H13ClF2N2O3. The van der Waals surface area contributed by atoms with Crippen LogP contribution in [0, 0.1) is 17.0 Å². The fourth-order valence-electron chi connectivity index (χ4n) is 1.72. The van der Waals surface area contributed by atoms with Gasteiger partial charge in [-0.15, -0.1) is 11.6 Å². The number of non-ortho nitro benzene ring substituents is 1. The number of alkyl halides is 3. The minimum absolute atomic E-state index is 0.0127. The number of hydrogen-bond acceptors (Lipinski definition) is 3. The zero-order valence-electron chi connectivity index (χ0n) is 10.7. The molecule has 0 aliphatic carbocycles. The molecule has 0 fully saturated rings. The van der Waals surface area contributed by atoms with E-state index in [0.29, 0.717) is 5.56 Å². The third kappa shape index (κ3) is 4.12. The molecule has 0 saturated heterocycles. The van der Waals surface area contributed by atoms with Crippen LogP contribution in [0.5, 0.6) is 0 Å². The Bertz CT molecular complexity index is 511. The number of benzene rings is 1. The topological polar surface area (TPSA) is 63.5 Å². The summed E-state index contributed by atoms with van der Waals surface area (Å²) in [6, 6.07) is 3.67. The number of rotatable bonds is 6. The molecule has 0 radical (unpaired) electrons. The lowest BCUT2D eigenvalue weighted by Gasteiger charge is -2.22.